The largest absolute Gasteiger partial charge is 0.456 e. The molecule has 10 rings (SSSR count). The van der Waals surface area contributed by atoms with Crippen LogP contribution in [0.1, 0.15) is 0 Å². The van der Waals surface area contributed by atoms with Crippen molar-refractivity contribution in [2.24, 2.45) is 0 Å². The van der Waals surface area contributed by atoms with Gasteiger partial charge in [0, 0.05) is 59.3 Å². The lowest BCUT2D eigenvalue weighted by molar-refractivity contribution is 0.669. The zero-order chi connectivity index (χ0) is 28.8. The molecule has 6 aromatic carbocycles. The second-order valence-corrected chi connectivity index (χ2v) is 12.2. The molecule has 0 radical (unpaired) electrons. The summed E-state index contributed by atoms with van der Waals surface area (Å²) >= 11 is 1.82. The van der Waals surface area contributed by atoms with Crippen LogP contribution >= 0.6 is 11.3 Å². The summed E-state index contributed by atoms with van der Waals surface area (Å²) in [6.07, 6.45) is 1.89. The Bertz CT molecular complexity index is 2750. The van der Waals surface area contributed by atoms with Crippen molar-refractivity contribution in [1.29, 1.82) is 0 Å². The summed E-state index contributed by atoms with van der Waals surface area (Å²) in [7, 11) is 0. The van der Waals surface area contributed by atoms with Crippen LogP contribution in [0, 0.1) is 0 Å². The van der Waals surface area contributed by atoms with E-state index in [1.807, 2.05) is 29.7 Å². The van der Waals surface area contributed by atoms with Gasteiger partial charge >= 0.3 is 0 Å². The van der Waals surface area contributed by atoms with Gasteiger partial charge in [-0.3, -0.25) is 4.98 Å². The molecule has 0 N–H and O–H groups in total. The number of pyridine rings is 1. The lowest BCUT2D eigenvalue weighted by Crippen LogP contribution is -2.10. The number of furan rings is 2. The van der Waals surface area contributed by atoms with Crippen molar-refractivity contribution in [2.75, 3.05) is 4.90 Å². The molecule has 0 aliphatic heterocycles. The Morgan fingerprint density at radius 3 is 2.18 bits per heavy atom. The molecule has 0 fully saturated rings. The van der Waals surface area contributed by atoms with Gasteiger partial charge in [-0.1, -0.05) is 72.8 Å². The van der Waals surface area contributed by atoms with Crippen LogP contribution in [0.3, 0.4) is 0 Å². The van der Waals surface area contributed by atoms with E-state index < -0.39 is 0 Å². The van der Waals surface area contributed by atoms with Gasteiger partial charge in [-0.2, -0.15) is 0 Å². The van der Waals surface area contributed by atoms with Gasteiger partial charge in [-0.05, 0) is 60.0 Å². The molecule has 0 amide bonds. The van der Waals surface area contributed by atoms with Crippen LogP contribution in [-0.2, 0) is 0 Å². The molecule has 0 bridgehead atoms. The van der Waals surface area contributed by atoms with Gasteiger partial charge in [-0.15, -0.1) is 11.3 Å². The Hall–Kier alpha value is -5.65. The Morgan fingerprint density at radius 1 is 0.500 bits per heavy atom. The first-order valence-corrected chi connectivity index (χ1v) is 15.4. The molecular formula is C39H22N2O2S. The van der Waals surface area contributed by atoms with E-state index in [2.05, 4.69) is 120 Å². The minimum atomic E-state index is 0.757. The van der Waals surface area contributed by atoms with Crippen LogP contribution in [0.15, 0.2) is 142 Å². The molecule has 0 atom stereocenters. The first kappa shape index (κ1) is 23.9. The van der Waals surface area contributed by atoms with Crippen LogP contribution in [0.2, 0.25) is 0 Å². The van der Waals surface area contributed by atoms with Crippen molar-refractivity contribution in [2.45, 2.75) is 0 Å². The van der Waals surface area contributed by atoms with E-state index in [0.717, 1.165) is 71.8 Å². The topological polar surface area (TPSA) is 42.4 Å². The van der Waals surface area contributed by atoms with Gasteiger partial charge in [-0.25, -0.2) is 0 Å². The van der Waals surface area contributed by atoms with Crippen molar-refractivity contribution in [3.63, 3.8) is 0 Å². The van der Waals surface area contributed by atoms with Gasteiger partial charge in [0.15, 0.2) is 5.58 Å². The molecule has 0 saturated carbocycles. The summed E-state index contributed by atoms with van der Waals surface area (Å²) in [6, 6.07) is 44.7. The van der Waals surface area contributed by atoms with Crippen LogP contribution in [-0.4, -0.2) is 4.98 Å². The van der Waals surface area contributed by atoms with Crippen LogP contribution in [0.5, 0.6) is 0 Å². The lowest BCUT2D eigenvalue weighted by Gasteiger charge is -2.25. The zero-order valence-corrected chi connectivity index (χ0v) is 24.1. The fraction of sp³-hybridized carbons (Fsp3) is 0. The van der Waals surface area contributed by atoms with Gasteiger partial charge in [0.2, 0.25) is 0 Å². The van der Waals surface area contributed by atoms with Crippen LogP contribution < -0.4 is 4.90 Å². The lowest BCUT2D eigenvalue weighted by atomic mass is 10.1. The minimum Gasteiger partial charge on any atom is -0.456 e. The normalized spacial score (nSPS) is 12.1. The first-order chi connectivity index (χ1) is 21.8. The number of anilines is 3. The summed E-state index contributed by atoms with van der Waals surface area (Å²) in [4.78, 5) is 7.13. The zero-order valence-electron chi connectivity index (χ0n) is 23.3. The highest BCUT2D eigenvalue weighted by atomic mass is 32.1. The molecule has 0 aliphatic rings. The molecule has 0 unspecified atom stereocenters. The third kappa shape index (κ3) is 3.36. The predicted molar refractivity (Wildman–Crippen MR) is 184 cm³/mol. The van der Waals surface area contributed by atoms with Crippen molar-refractivity contribution >= 4 is 103 Å². The first-order valence-electron chi connectivity index (χ1n) is 14.6. The summed E-state index contributed by atoms with van der Waals surface area (Å²) in [5, 5.41) is 7.96. The molecule has 5 heteroatoms. The number of para-hydroxylation sites is 1. The second-order valence-electron chi connectivity index (χ2n) is 11.2. The Balaban J connectivity index is 1.28. The maximum atomic E-state index is 6.78. The van der Waals surface area contributed by atoms with E-state index in [1.165, 1.54) is 20.2 Å². The van der Waals surface area contributed by atoms with Gasteiger partial charge in [0.25, 0.3) is 0 Å². The average Bonchev–Trinajstić information content (AvgIpc) is 3.76. The molecule has 44 heavy (non-hydrogen) atoms. The molecule has 4 heterocycles. The van der Waals surface area contributed by atoms with Crippen molar-refractivity contribution in [1.82, 2.24) is 4.98 Å². The highest BCUT2D eigenvalue weighted by Crippen LogP contribution is 2.45. The Labute approximate surface area is 255 Å². The van der Waals surface area contributed by atoms with Crippen LogP contribution in [0.4, 0.5) is 17.1 Å². The highest BCUT2D eigenvalue weighted by Gasteiger charge is 2.22. The van der Waals surface area contributed by atoms with Gasteiger partial charge in [0.1, 0.15) is 22.3 Å². The summed E-state index contributed by atoms with van der Waals surface area (Å²) in [5.74, 6) is 0. The maximum absolute atomic E-state index is 6.78. The number of benzene rings is 6. The number of nitrogens with zero attached hydrogens (tertiary/aromatic N) is 2. The van der Waals surface area contributed by atoms with Crippen LogP contribution in [0.25, 0.3) is 75.0 Å². The third-order valence-corrected chi connectivity index (χ3v) is 9.84. The second kappa shape index (κ2) is 8.93. The number of rotatable bonds is 3. The number of fused-ring (bicyclic) bond motifs is 11. The molecule has 4 aromatic heterocycles. The summed E-state index contributed by atoms with van der Waals surface area (Å²) < 4.78 is 15.5. The molecule has 0 saturated heterocycles. The van der Waals surface area contributed by atoms with Crippen molar-refractivity contribution in [3.05, 3.63) is 134 Å². The summed E-state index contributed by atoms with van der Waals surface area (Å²) in [6.45, 7) is 0. The third-order valence-electron chi connectivity index (χ3n) is 8.70. The van der Waals surface area contributed by atoms with E-state index >= 15 is 0 Å². The molecule has 0 aliphatic carbocycles. The molecule has 206 valence electrons. The number of hydrogen-bond acceptors (Lipinski definition) is 5. The van der Waals surface area contributed by atoms with E-state index in [9.17, 15) is 0 Å². The fourth-order valence-corrected chi connectivity index (χ4v) is 7.82. The van der Waals surface area contributed by atoms with E-state index in [-0.39, 0.29) is 0 Å². The van der Waals surface area contributed by atoms with E-state index in [1.54, 1.807) is 0 Å². The monoisotopic (exact) mass is 582 g/mol. The average molecular weight is 583 g/mol. The smallest absolute Gasteiger partial charge is 0.177 e. The van der Waals surface area contributed by atoms with E-state index in [0.29, 0.717) is 0 Å². The van der Waals surface area contributed by atoms with Crippen molar-refractivity contribution < 1.29 is 8.83 Å². The SMILES string of the molecule is c1ccc2c(c1)ccc1c3nccc(N(c4ccc5c(c4)sc4ccccc45)c4ccc5oc6ccccc6c5c4)c3oc21. The maximum Gasteiger partial charge on any atom is 0.177 e. The van der Waals surface area contributed by atoms with Gasteiger partial charge in [0.05, 0.1) is 5.69 Å². The summed E-state index contributed by atoms with van der Waals surface area (Å²) in [5.41, 5.74) is 7.21. The molecule has 0 spiro atoms. The predicted octanol–water partition coefficient (Wildman–Crippen LogP) is 11.9. The highest BCUT2D eigenvalue weighted by molar-refractivity contribution is 7.25. The van der Waals surface area contributed by atoms with E-state index in [4.69, 9.17) is 13.8 Å². The fourth-order valence-electron chi connectivity index (χ4n) is 6.68. The minimum absolute atomic E-state index is 0.757. The number of hydrogen-bond donors (Lipinski definition) is 0. The molecular weight excluding hydrogens is 561 g/mol. The Morgan fingerprint density at radius 2 is 1.23 bits per heavy atom. The molecule has 4 nitrogen and oxygen atoms in total. The Kier molecular flexibility index (Phi) is 4.84. The quantitative estimate of drug-likeness (QED) is 0.208. The number of aromatic nitrogens is 1. The van der Waals surface area contributed by atoms with Gasteiger partial charge < -0.3 is 13.7 Å². The standard InChI is InChI=1S/C39H22N2O2S/c1-2-8-26-23(7-1)13-16-30-37-39(43-38(26)30)32(19-20-40-37)41(24-15-18-34-31(21-24)27-9-3-5-11-33(27)42-34)25-14-17-29-28-10-4-6-12-35(28)44-36(29)22-25/h1-22H. The number of thiophene rings is 1. The van der Waals surface area contributed by atoms with Crippen molar-refractivity contribution in [3.8, 4) is 0 Å². The molecule has 10 aromatic rings.